The predicted octanol–water partition coefficient (Wildman–Crippen LogP) is 12.4. The maximum Gasteiger partial charge on any atom is 0.164 e. The first-order valence-electron chi connectivity index (χ1n) is 18.7. The van der Waals surface area contributed by atoms with Crippen LogP contribution in [0.25, 0.3) is 83.0 Å². The molecule has 266 valence electrons. The van der Waals surface area contributed by atoms with E-state index in [0.717, 1.165) is 66.9 Å². The number of aromatic nitrogens is 4. The Bertz CT molecular complexity index is 3230. The van der Waals surface area contributed by atoms with Crippen LogP contribution < -0.4 is 4.74 Å². The van der Waals surface area contributed by atoms with Crippen molar-refractivity contribution < 1.29 is 9.15 Å². The van der Waals surface area contributed by atoms with E-state index in [2.05, 4.69) is 89.5 Å². The number of fused-ring (bicyclic) bond motifs is 8. The summed E-state index contributed by atoms with van der Waals surface area (Å²) < 4.78 is 15.2. The molecule has 0 N–H and O–H groups in total. The van der Waals surface area contributed by atoms with Gasteiger partial charge in [-0.2, -0.15) is 12.6 Å². The van der Waals surface area contributed by atoms with Gasteiger partial charge < -0.3 is 13.7 Å². The van der Waals surface area contributed by atoms with Crippen LogP contribution in [-0.2, 0) is 6.42 Å². The molecule has 0 amide bonds. The van der Waals surface area contributed by atoms with E-state index in [1.807, 2.05) is 85.0 Å². The van der Waals surface area contributed by atoms with E-state index in [1.165, 1.54) is 21.5 Å². The number of benzene rings is 7. The standard InChI is InChI=1S/C49H32N4O2S/c56-44(49-51-47(30-13-2-1-3-14-30)50-48(52-49)37-21-12-25-43-45(37)36-20-7-9-24-42(36)55-43)26-11-18-34-27-33-17-10-23-40(46(33)54-34)53-39-22-8-6-19-35(39)38-28-31-15-4-5-16-32(31)29-41(38)53/h1-26,28-29,44,56H,27H2/b26-11-,34-18+. The molecular weight excluding hydrogens is 709 g/mol. The molecule has 1 aliphatic rings. The predicted molar refractivity (Wildman–Crippen MR) is 230 cm³/mol. The van der Waals surface area contributed by atoms with Crippen LogP contribution in [0.15, 0.2) is 180 Å². The Kier molecular flexibility index (Phi) is 7.60. The van der Waals surface area contributed by atoms with Gasteiger partial charge in [-0.1, -0.05) is 127 Å². The second-order valence-electron chi connectivity index (χ2n) is 14.1. The van der Waals surface area contributed by atoms with E-state index in [-0.39, 0.29) is 0 Å². The van der Waals surface area contributed by atoms with Crippen LogP contribution in [-0.4, -0.2) is 19.5 Å². The Morgan fingerprint density at radius 1 is 0.625 bits per heavy atom. The number of ether oxygens (including phenoxy) is 1. The van der Waals surface area contributed by atoms with Gasteiger partial charge in [-0.25, -0.2) is 15.0 Å². The molecule has 7 aromatic carbocycles. The summed E-state index contributed by atoms with van der Waals surface area (Å²) in [6.07, 6.45) is 6.68. The van der Waals surface area contributed by atoms with E-state index in [9.17, 15) is 0 Å². The van der Waals surface area contributed by atoms with Crippen molar-refractivity contribution in [3.05, 3.63) is 187 Å². The number of hydrogen-bond donors (Lipinski definition) is 1. The maximum atomic E-state index is 6.67. The molecule has 0 radical (unpaired) electrons. The highest BCUT2D eigenvalue weighted by molar-refractivity contribution is 7.80. The molecule has 6 nitrogen and oxygen atoms in total. The highest BCUT2D eigenvalue weighted by Crippen LogP contribution is 2.42. The molecule has 0 saturated heterocycles. The van der Waals surface area contributed by atoms with Crippen LogP contribution in [0.1, 0.15) is 16.6 Å². The molecule has 10 aromatic rings. The van der Waals surface area contributed by atoms with Gasteiger partial charge in [0.25, 0.3) is 0 Å². The molecule has 4 heterocycles. The molecule has 0 saturated carbocycles. The minimum absolute atomic E-state index is 0.414. The average molecular weight is 741 g/mol. The number of rotatable bonds is 6. The van der Waals surface area contributed by atoms with Gasteiger partial charge >= 0.3 is 0 Å². The van der Waals surface area contributed by atoms with E-state index in [4.69, 9.17) is 36.7 Å². The monoisotopic (exact) mass is 740 g/mol. The minimum Gasteiger partial charge on any atom is -0.459 e. The summed E-state index contributed by atoms with van der Waals surface area (Å²) >= 11 is 5.00. The highest BCUT2D eigenvalue weighted by Gasteiger charge is 2.24. The summed E-state index contributed by atoms with van der Waals surface area (Å²) in [6.45, 7) is 0. The highest BCUT2D eigenvalue weighted by atomic mass is 32.1. The van der Waals surface area contributed by atoms with Crippen molar-refractivity contribution in [2.75, 3.05) is 0 Å². The molecule has 3 aromatic heterocycles. The molecule has 0 spiro atoms. The maximum absolute atomic E-state index is 6.67. The Hall–Kier alpha value is -6.96. The molecular formula is C49H32N4O2S. The third-order valence-electron chi connectivity index (χ3n) is 10.6. The van der Waals surface area contributed by atoms with E-state index < -0.39 is 5.25 Å². The fourth-order valence-electron chi connectivity index (χ4n) is 8.04. The van der Waals surface area contributed by atoms with E-state index in [1.54, 1.807) is 0 Å². The first-order chi connectivity index (χ1) is 27.7. The third kappa shape index (κ3) is 5.39. The van der Waals surface area contributed by atoms with Gasteiger partial charge in [0.1, 0.15) is 22.7 Å². The molecule has 7 heteroatoms. The zero-order valence-electron chi connectivity index (χ0n) is 30.0. The zero-order valence-corrected chi connectivity index (χ0v) is 30.9. The number of allylic oxidation sites excluding steroid dienone is 3. The lowest BCUT2D eigenvalue weighted by molar-refractivity contribution is 0.445. The number of nitrogens with zero attached hydrogens (tertiary/aromatic N) is 4. The number of hydrogen-bond acceptors (Lipinski definition) is 6. The first-order valence-corrected chi connectivity index (χ1v) is 19.2. The zero-order chi connectivity index (χ0) is 37.2. The summed E-state index contributed by atoms with van der Waals surface area (Å²) in [5.41, 5.74) is 7.86. The van der Waals surface area contributed by atoms with Crippen molar-refractivity contribution >= 4 is 67.1 Å². The fraction of sp³-hybridized carbons (Fsp3) is 0.0408. The van der Waals surface area contributed by atoms with Gasteiger partial charge in [0.05, 0.1) is 22.0 Å². The summed E-state index contributed by atoms with van der Waals surface area (Å²) in [5, 5.41) is 6.45. The summed E-state index contributed by atoms with van der Waals surface area (Å²) in [5.74, 6) is 3.43. The van der Waals surface area contributed by atoms with Gasteiger partial charge in [0, 0.05) is 44.7 Å². The molecule has 11 rings (SSSR count). The lowest BCUT2D eigenvalue weighted by Gasteiger charge is -2.12. The van der Waals surface area contributed by atoms with E-state index in [0.29, 0.717) is 23.9 Å². The Labute approximate surface area is 327 Å². The SMILES string of the molecule is SC(/C=C\C=C1/Cc2cccc(-n3c4ccccc4c4cc5ccccc5cc43)c2O1)c1nc(-c2ccccc2)nc(-c2cccc3oc4ccccc4c23)n1. The number of para-hydroxylation sites is 3. The first kappa shape index (κ1) is 32.5. The lowest BCUT2D eigenvalue weighted by atomic mass is 10.1. The van der Waals surface area contributed by atoms with Crippen molar-refractivity contribution in [3.63, 3.8) is 0 Å². The van der Waals surface area contributed by atoms with Gasteiger partial charge in [-0.05, 0) is 53.2 Å². The normalized spacial score (nSPS) is 14.1. The topological polar surface area (TPSA) is 66.0 Å². The Morgan fingerprint density at radius 2 is 1.36 bits per heavy atom. The van der Waals surface area contributed by atoms with Crippen molar-refractivity contribution in [2.24, 2.45) is 0 Å². The molecule has 0 aliphatic carbocycles. The number of furan rings is 1. The second kappa shape index (κ2) is 13.1. The van der Waals surface area contributed by atoms with E-state index >= 15 is 0 Å². The third-order valence-corrected chi connectivity index (χ3v) is 11.0. The lowest BCUT2D eigenvalue weighted by Crippen LogP contribution is -2.04. The molecule has 1 unspecified atom stereocenters. The van der Waals surface area contributed by atoms with Crippen molar-refractivity contribution in [3.8, 4) is 34.2 Å². The summed E-state index contributed by atoms with van der Waals surface area (Å²) in [7, 11) is 0. The largest absolute Gasteiger partial charge is 0.459 e. The van der Waals surface area contributed by atoms with Gasteiger partial charge in [-0.15, -0.1) is 0 Å². The van der Waals surface area contributed by atoms with Crippen LogP contribution in [0.2, 0.25) is 0 Å². The smallest absolute Gasteiger partial charge is 0.164 e. The van der Waals surface area contributed by atoms with Gasteiger partial charge in [0.15, 0.2) is 17.4 Å². The summed E-state index contributed by atoms with van der Waals surface area (Å²) in [4.78, 5) is 14.9. The molecule has 1 atom stereocenters. The molecule has 0 bridgehead atoms. The molecule has 1 aliphatic heterocycles. The average Bonchev–Trinajstić information content (AvgIpc) is 3.94. The van der Waals surface area contributed by atoms with Crippen LogP contribution >= 0.6 is 12.6 Å². The van der Waals surface area contributed by atoms with Crippen molar-refractivity contribution in [1.82, 2.24) is 19.5 Å². The number of thiol groups is 1. The summed E-state index contributed by atoms with van der Waals surface area (Å²) in [6, 6.07) is 52.2. The molecule has 56 heavy (non-hydrogen) atoms. The fourth-order valence-corrected chi connectivity index (χ4v) is 8.26. The Balaban J connectivity index is 0.946. The van der Waals surface area contributed by atoms with Crippen LogP contribution in [0.4, 0.5) is 0 Å². The second-order valence-corrected chi connectivity index (χ2v) is 14.6. The quantitative estimate of drug-likeness (QED) is 0.172. The van der Waals surface area contributed by atoms with Gasteiger partial charge in [0.2, 0.25) is 0 Å². The minimum atomic E-state index is -0.414. The van der Waals surface area contributed by atoms with Crippen LogP contribution in [0.5, 0.6) is 5.75 Å². The van der Waals surface area contributed by atoms with Crippen molar-refractivity contribution in [2.45, 2.75) is 11.7 Å². The van der Waals surface area contributed by atoms with Crippen LogP contribution in [0, 0.1) is 0 Å². The molecule has 0 fully saturated rings. The Morgan fingerprint density at radius 3 is 2.25 bits per heavy atom. The van der Waals surface area contributed by atoms with Crippen molar-refractivity contribution in [1.29, 1.82) is 0 Å². The van der Waals surface area contributed by atoms with Crippen LogP contribution in [0.3, 0.4) is 0 Å². The van der Waals surface area contributed by atoms with Gasteiger partial charge in [-0.3, -0.25) is 0 Å².